The van der Waals surface area contributed by atoms with Gasteiger partial charge in [-0.05, 0) is 47.2 Å². The van der Waals surface area contributed by atoms with Gasteiger partial charge in [0.15, 0.2) is 0 Å². The number of carbonyl (C=O) groups is 2. The molecule has 2 amide bonds. The maximum atomic E-state index is 13.7. The van der Waals surface area contributed by atoms with E-state index in [1.165, 1.54) is 0 Å². The maximum absolute atomic E-state index is 13.7. The quantitative estimate of drug-likeness (QED) is 0.414. The summed E-state index contributed by atoms with van der Waals surface area (Å²) in [7, 11) is 0. The Hall–Kier alpha value is -3.11. The average molecular weight is 477 g/mol. The largest absolute Gasteiger partial charge is 0.354 e. The van der Waals surface area contributed by atoms with E-state index in [1.807, 2.05) is 73.7 Å². The average Bonchev–Trinajstić information content (AvgIpc) is 2.81. The molecule has 34 heavy (non-hydrogen) atoms. The van der Waals surface area contributed by atoms with Gasteiger partial charge in [-0.25, -0.2) is 0 Å². The lowest BCUT2D eigenvalue weighted by Crippen LogP contribution is -2.51. The second kappa shape index (κ2) is 12.4. The molecule has 0 bridgehead atoms. The number of hydrogen-bond acceptors (Lipinski definition) is 2. The number of nitrogens with zero attached hydrogens (tertiary/aromatic N) is 1. The van der Waals surface area contributed by atoms with Crippen molar-refractivity contribution >= 4 is 23.4 Å². The van der Waals surface area contributed by atoms with Gasteiger partial charge >= 0.3 is 0 Å². The van der Waals surface area contributed by atoms with E-state index >= 15 is 0 Å². The number of aryl methyl sites for hydroxylation is 1. The monoisotopic (exact) mass is 476 g/mol. The predicted molar refractivity (Wildman–Crippen MR) is 139 cm³/mol. The molecule has 1 N–H and O–H groups in total. The summed E-state index contributed by atoms with van der Waals surface area (Å²) in [6.45, 7) is 7.06. The van der Waals surface area contributed by atoms with E-state index in [0.29, 0.717) is 30.5 Å². The molecule has 5 heteroatoms. The third kappa shape index (κ3) is 7.46. The Labute approximate surface area is 207 Å². The van der Waals surface area contributed by atoms with Gasteiger partial charge in [-0.1, -0.05) is 92.2 Å². The molecule has 0 unspecified atom stereocenters. The van der Waals surface area contributed by atoms with E-state index in [9.17, 15) is 9.59 Å². The number of amides is 2. The van der Waals surface area contributed by atoms with Crippen LogP contribution in [0.1, 0.15) is 36.1 Å². The number of nitrogens with one attached hydrogen (secondary N) is 1. The normalized spacial score (nSPS) is 11.8. The van der Waals surface area contributed by atoms with Gasteiger partial charge in [-0.2, -0.15) is 0 Å². The topological polar surface area (TPSA) is 49.4 Å². The van der Waals surface area contributed by atoms with Crippen LogP contribution in [0.25, 0.3) is 0 Å². The number of benzene rings is 3. The van der Waals surface area contributed by atoms with Crippen LogP contribution in [0.4, 0.5) is 0 Å². The first kappa shape index (κ1) is 25.5. The Morgan fingerprint density at radius 2 is 1.59 bits per heavy atom. The van der Waals surface area contributed by atoms with Crippen molar-refractivity contribution in [3.8, 4) is 0 Å². The molecule has 0 aromatic heterocycles. The number of hydrogen-bond donors (Lipinski definition) is 1. The van der Waals surface area contributed by atoms with Crippen LogP contribution in [-0.4, -0.2) is 29.3 Å². The van der Waals surface area contributed by atoms with Crippen molar-refractivity contribution in [1.82, 2.24) is 10.2 Å². The molecule has 0 saturated carbocycles. The molecule has 4 nitrogen and oxygen atoms in total. The van der Waals surface area contributed by atoms with Crippen LogP contribution in [0.2, 0.25) is 5.02 Å². The molecule has 3 aromatic rings. The van der Waals surface area contributed by atoms with Crippen molar-refractivity contribution in [2.45, 2.75) is 46.2 Å². The fourth-order valence-electron chi connectivity index (χ4n) is 3.87. The number of rotatable bonds is 10. The summed E-state index contributed by atoms with van der Waals surface area (Å²) in [5, 5.41) is 3.65. The molecule has 0 saturated heterocycles. The van der Waals surface area contributed by atoms with Crippen LogP contribution in [-0.2, 0) is 29.0 Å². The highest BCUT2D eigenvalue weighted by Crippen LogP contribution is 2.19. The molecule has 0 aliphatic rings. The molecular weight excluding hydrogens is 444 g/mol. The van der Waals surface area contributed by atoms with E-state index in [-0.39, 0.29) is 18.2 Å². The summed E-state index contributed by atoms with van der Waals surface area (Å²) in [6.07, 6.45) is 0.618. The number of halogens is 1. The number of carbonyl (C=O) groups excluding carboxylic acids is 2. The van der Waals surface area contributed by atoms with E-state index < -0.39 is 6.04 Å². The van der Waals surface area contributed by atoms with Crippen LogP contribution < -0.4 is 5.32 Å². The zero-order valence-electron chi connectivity index (χ0n) is 20.1. The fourth-order valence-corrected chi connectivity index (χ4v) is 4.08. The Balaban J connectivity index is 1.97. The lowest BCUT2D eigenvalue weighted by molar-refractivity contribution is -0.140. The molecule has 0 radical (unpaired) electrons. The van der Waals surface area contributed by atoms with Gasteiger partial charge in [0.2, 0.25) is 11.8 Å². The first-order valence-corrected chi connectivity index (χ1v) is 12.1. The minimum atomic E-state index is -0.632. The third-order valence-electron chi connectivity index (χ3n) is 5.80. The Bertz CT molecular complexity index is 1100. The summed E-state index contributed by atoms with van der Waals surface area (Å²) in [6, 6.07) is 24.5. The molecule has 178 valence electrons. The van der Waals surface area contributed by atoms with Crippen LogP contribution >= 0.6 is 11.6 Å². The van der Waals surface area contributed by atoms with E-state index in [2.05, 4.69) is 19.2 Å². The van der Waals surface area contributed by atoms with Gasteiger partial charge < -0.3 is 10.2 Å². The second-order valence-corrected chi connectivity index (χ2v) is 9.54. The summed E-state index contributed by atoms with van der Waals surface area (Å²) in [5.41, 5.74) is 3.95. The molecule has 0 aliphatic heterocycles. The zero-order valence-corrected chi connectivity index (χ0v) is 20.9. The van der Waals surface area contributed by atoms with Gasteiger partial charge in [0.05, 0.1) is 6.42 Å². The van der Waals surface area contributed by atoms with E-state index in [0.717, 1.165) is 22.3 Å². The zero-order chi connectivity index (χ0) is 24.5. The summed E-state index contributed by atoms with van der Waals surface area (Å²) in [4.78, 5) is 28.9. The molecule has 0 aliphatic carbocycles. The van der Waals surface area contributed by atoms with Gasteiger partial charge in [0.25, 0.3) is 0 Å². The SMILES string of the molecule is Cc1ccccc1CN(C(=O)Cc1cccc(Cl)c1)[C@H](Cc1ccccc1)C(=O)NCC(C)C. The maximum Gasteiger partial charge on any atom is 0.243 e. The molecule has 0 spiro atoms. The van der Waals surface area contributed by atoms with Crippen LogP contribution in [0, 0.1) is 12.8 Å². The molecule has 3 aromatic carbocycles. The van der Waals surface area contributed by atoms with Crippen molar-refractivity contribution in [2.24, 2.45) is 5.92 Å². The minimum Gasteiger partial charge on any atom is -0.354 e. The van der Waals surface area contributed by atoms with Crippen molar-refractivity contribution in [3.05, 3.63) is 106 Å². The Morgan fingerprint density at radius 3 is 2.26 bits per heavy atom. The van der Waals surface area contributed by atoms with Crippen molar-refractivity contribution < 1.29 is 9.59 Å². The second-order valence-electron chi connectivity index (χ2n) is 9.10. The van der Waals surface area contributed by atoms with Crippen molar-refractivity contribution in [3.63, 3.8) is 0 Å². The lowest BCUT2D eigenvalue weighted by Gasteiger charge is -2.32. The molecule has 3 rings (SSSR count). The summed E-state index contributed by atoms with van der Waals surface area (Å²) >= 11 is 6.16. The Kier molecular flexibility index (Phi) is 9.29. The first-order chi connectivity index (χ1) is 16.3. The van der Waals surface area contributed by atoms with Gasteiger partial charge in [-0.3, -0.25) is 9.59 Å². The third-order valence-corrected chi connectivity index (χ3v) is 6.04. The molecular formula is C29H33ClN2O2. The van der Waals surface area contributed by atoms with Crippen LogP contribution in [0.3, 0.4) is 0 Å². The van der Waals surface area contributed by atoms with E-state index in [4.69, 9.17) is 11.6 Å². The van der Waals surface area contributed by atoms with Crippen LogP contribution in [0.5, 0.6) is 0 Å². The Morgan fingerprint density at radius 1 is 0.912 bits per heavy atom. The minimum absolute atomic E-state index is 0.105. The smallest absolute Gasteiger partial charge is 0.243 e. The standard InChI is InChI=1S/C29H33ClN2O2/c1-21(2)19-31-29(34)27(17-23-11-5-4-6-12-23)32(20-25-14-8-7-10-22(25)3)28(33)18-24-13-9-15-26(30)16-24/h4-16,21,27H,17-20H2,1-3H3,(H,31,34)/t27-/m1/s1. The van der Waals surface area contributed by atoms with E-state index in [1.54, 1.807) is 17.0 Å². The van der Waals surface area contributed by atoms with Crippen molar-refractivity contribution in [1.29, 1.82) is 0 Å². The first-order valence-electron chi connectivity index (χ1n) is 11.7. The molecule has 1 atom stereocenters. The summed E-state index contributed by atoms with van der Waals surface area (Å²) in [5.74, 6) is 0.0741. The molecule has 0 fully saturated rings. The van der Waals surface area contributed by atoms with Gasteiger partial charge in [0, 0.05) is 24.5 Å². The lowest BCUT2D eigenvalue weighted by atomic mass is 10.00. The van der Waals surface area contributed by atoms with Gasteiger partial charge in [-0.15, -0.1) is 0 Å². The summed E-state index contributed by atoms with van der Waals surface area (Å²) < 4.78 is 0. The highest BCUT2D eigenvalue weighted by Gasteiger charge is 2.30. The van der Waals surface area contributed by atoms with Gasteiger partial charge in [0.1, 0.15) is 6.04 Å². The fraction of sp³-hybridized carbons (Fsp3) is 0.310. The predicted octanol–water partition coefficient (Wildman–Crippen LogP) is 5.60. The highest BCUT2D eigenvalue weighted by atomic mass is 35.5. The molecule has 0 heterocycles. The van der Waals surface area contributed by atoms with Crippen molar-refractivity contribution in [2.75, 3.05) is 6.54 Å². The van der Waals surface area contributed by atoms with Crippen LogP contribution in [0.15, 0.2) is 78.9 Å². The highest BCUT2D eigenvalue weighted by molar-refractivity contribution is 6.30.